The average molecular weight is 296 g/mol. The highest BCUT2D eigenvalue weighted by Gasteiger charge is 2.08. The molecule has 0 atom stereocenters. The molecular formula is C13H16N2O2S2. The van der Waals surface area contributed by atoms with E-state index in [9.17, 15) is 8.42 Å². The van der Waals surface area contributed by atoms with Crippen LogP contribution in [0.1, 0.15) is 25.3 Å². The van der Waals surface area contributed by atoms with E-state index in [1.807, 2.05) is 17.5 Å². The summed E-state index contributed by atoms with van der Waals surface area (Å²) in [5.74, 6) is 0.493. The highest BCUT2D eigenvalue weighted by atomic mass is 32.2. The van der Waals surface area contributed by atoms with Crippen molar-refractivity contribution in [3.63, 3.8) is 0 Å². The molecule has 0 fully saturated rings. The van der Waals surface area contributed by atoms with E-state index in [2.05, 4.69) is 35.7 Å². The monoisotopic (exact) mass is 296 g/mol. The Morgan fingerprint density at radius 3 is 2.37 bits per heavy atom. The minimum atomic E-state index is -3.27. The Labute approximate surface area is 117 Å². The van der Waals surface area contributed by atoms with E-state index < -0.39 is 10.0 Å². The van der Waals surface area contributed by atoms with Crippen molar-refractivity contribution in [2.45, 2.75) is 19.8 Å². The van der Waals surface area contributed by atoms with Crippen molar-refractivity contribution >= 4 is 26.5 Å². The number of aromatic nitrogens is 1. The second-order valence-electron chi connectivity index (χ2n) is 4.69. The molecule has 6 heteroatoms. The van der Waals surface area contributed by atoms with E-state index >= 15 is 0 Å². The number of benzene rings is 1. The van der Waals surface area contributed by atoms with Crippen LogP contribution < -0.4 is 4.72 Å². The Morgan fingerprint density at radius 2 is 1.84 bits per heavy atom. The molecule has 0 spiro atoms. The van der Waals surface area contributed by atoms with Gasteiger partial charge >= 0.3 is 0 Å². The smallest absolute Gasteiger partial charge is 0.231 e. The predicted octanol–water partition coefficient (Wildman–Crippen LogP) is 3.31. The van der Waals surface area contributed by atoms with Crippen LogP contribution in [0.5, 0.6) is 0 Å². The van der Waals surface area contributed by atoms with Crippen LogP contribution in [0, 0.1) is 0 Å². The number of hydrogen-bond acceptors (Lipinski definition) is 4. The predicted molar refractivity (Wildman–Crippen MR) is 80.1 cm³/mol. The quantitative estimate of drug-likeness (QED) is 0.941. The highest BCUT2D eigenvalue weighted by molar-refractivity contribution is 7.92. The average Bonchev–Trinajstić information content (AvgIpc) is 2.75. The van der Waals surface area contributed by atoms with Crippen LogP contribution in [0.3, 0.4) is 0 Å². The van der Waals surface area contributed by atoms with Crippen molar-refractivity contribution in [3.05, 3.63) is 35.2 Å². The first-order valence-electron chi connectivity index (χ1n) is 5.89. The van der Waals surface area contributed by atoms with Crippen LogP contribution in [0.2, 0.25) is 0 Å². The second kappa shape index (κ2) is 5.30. The van der Waals surface area contributed by atoms with Crippen LogP contribution in [-0.4, -0.2) is 19.7 Å². The molecular weight excluding hydrogens is 280 g/mol. The van der Waals surface area contributed by atoms with Crippen LogP contribution in [0.15, 0.2) is 29.6 Å². The highest BCUT2D eigenvalue weighted by Crippen LogP contribution is 2.26. The van der Waals surface area contributed by atoms with E-state index in [1.54, 1.807) is 0 Å². The number of thiazole rings is 1. The molecule has 1 aromatic carbocycles. The molecule has 0 aliphatic rings. The molecule has 1 heterocycles. The number of anilines is 1. The Hall–Kier alpha value is -1.40. The van der Waals surface area contributed by atoms with Gasteiger partial charge in [0.15, 0.2) is 5.13 Å². The maximum Gasteiger partial charge on any atom is 0.231 e. The van der Waals surface area contributed by atoms with Crippen LogP contribution in [-0.2, 0) is 10.0 Å². The molecule has 0 unspecified atom stereocenters. The minimum Gasteiger partial charge on any atom is -0.259 e. The molecule has 0 bridgehead atoms. The van der Waals surface area contributed by atoms with Gasteiger partial charge in [0.05, 0.1) is 11.9 Å². The van der Waals surface area contributed by atoms with E-state index in [0.29, 0.717) is 11.0 Å². The summed E-state index contributed by atoms with van der Waals surface area (Å²) < 4.78 is 24.6. The fraction of sp³-hybridized carbons (Fsp3) is 0.308. The number of hydrogen-bond donors (Lipinski definition) is 1. The molecule has 0 amide bonds. The molecule has 19 heavy (non-hydrogen) atoms. The molecule has 2 rings (SSSR count). The van der Waals surface area contributed by atoms with Gasteiger partial charge in [0, 0.05) is 10.9 Å². The third-order valence-electron chi connectivity index (χ3n) is 2.65. The zero-order valence-electron chi connectivity index (χ0n) is 11.0. The molecule has 2 aromatic rings. The van der Waals surface area contributed by atoms with Gasteiger partial charge < -0.3 is 0 Å². The molecule has 0 radical (unpaired) electrons. The maximum absolute atomic E-state index is 11.1. The van der Waals surface area contributed by atoms with Crippen molar-refractivity contribution in [1.29, 1.82) is 0 Å². The molecule has 0 saturated heterocycles. The van der Waals surface area contributed by atoms with E-state index in [1.165, 1.54) is 16.9 Å². The first-order chi connectivity index (χ1) is 8.85. The molecule has 0 saturated carbocycles. The summed E-state index contributed by atoms with van der Waals surface area (Å²) in [6, 6.07) is 8.16. The summed E-state index contributed by atoms with van der Waals surface area (Å²) >= 11 is 1.28. The third kappa shape index (κ3) is 3.78. The Morgan fingerprint density at radius 1 is 1.21 bits per heavy atom. The van der Waals surface area contributed by atoms with Crippen molar-refractivity contribution in [1.82, 2.24) is 4.98 Å². The molecule has 4 nitrogen and oxygen atoms in total. The molecule has 1 aromatic heterocycles. The van der Waals surface area contributed by atoms with Gasteiger partial charge in [-0.2, -0.15) is 0 Å². The minimum absolute atomic E-state index is 0.394. The maximum atomic E-state index is 11.1. The van der Waals surface area contributed by atoms with E-state index in [0.717, 1.165) is 17.5 Å². The van der Waals surface area contributed by atoms with Gasteiger partial charge in [0.1, 0.15) is 0 Å². The number of sulfonamides is 1. The zero-order valence-corrected chi connectivity index (χ0v) is 12.7. The van der Waals surface area contributed by atoms with Crippen LogP contribution >= 0.6 is 11.3 Å². The lowest BCUT2D eigenvalue weighted by Gasteiger charge is -2.05. The lowest BCUT2D eigenvalue weighted by molar-refractivity contribution is 0.607. The first kappa shape index (κ1) is 14.0. The fourth-order valence-electron chi connectivity index (χ4n) is 1.65. The zero-order chi connectivity index (χ0) is 14.0. The lowest BCUT2D eigenvalue weighted by atomic mass is 10.0. The standard InChI is InChI=1S/C13H16N2O2S2/c1-9(2)10-4-6-11(7-5-10)12-8-18-13(14-12)15-19(3,16)17/h4-9H,1-3H3,(H,14,15). The first-order valence-corrected chi connectivity index (χ1v) is 8.66. The summed E-state index contributed by atoms with van der Waals surface area (Å²) in [5.41, 5.74) is 3.04. The van der Waals surface area contributed by atoms with Crippen LogP contribution in [0.25, 0.3) is 11.3 Å². The van der Waals surface area contributed by atoms with E-state index in [-0.39, 0.29) is 0 Å². The van der Waals surface area contributed by atoms with Gasteiger partial charge in [-0.15, -0.1) is 11.3 Å². The summed E-state index contributed by atoms with van der Waals surface area (Å²) in [5, 5.41) is 2.24. The van der Waals surface area contributed by atoms with Crippen molar-refractivity contribution in [2.24, 2.45) is 0 Å². The summed E-state index contributed by atoms with van der Waals surface area (Å²) in [6.45, 7) is 4.29. The fourth-order valence-corrected chi connectivity index (χ4v) is 3.22. The van der Waals surface area contributed by atoms with Crippen molar-refractivity contribution in [2.75, 3.05) is 11.0 Å². The molecule has 0 aliphatic heterocycles. The number of nitrogens with one attached hydrogen (secondary N) is 1. The van der Waals surface area contributed by atoms with Gasteiger partial charge in [-0.05, 0) is 11.5 Å². The normalized spacial score (nSPS) is 11.8. The number of rotatable bonds is 4. The summed E-state index contributed by atoms with van der Waals surface area (Å²) in [7, 11) is -3.27. The van der Waals surface area contributed by atoms with Crippen molar-refractivity contribution in [3.8, 4) is 11.3 Å². The van der Waals surface area contributed by atoms with E-state index in [4.69, 9.17) is 0 Å². The molecule has 102 valence electrons. The third-order valence-corrected chi connectivity index (χ3v) is 4.10. The topological polar surface area (TPSA) is 59.1 Å². The molecule has 1 N–H and O–H groups in total. The van der Waals surface area contributed by atoms with Gasteiger partial charge in [-0.3, -0.25) is 4.72 Å². The van der Waals surface area contributed by atoms with Crippen LogP contribution in [0.4, 0.5) is 5.13 Å². The SMILES string of the molecule is CC(C)c1ccc(-c2csc(NS(C)(=O)=O)n2)cc1. The largest absolute Gasteiger partial charge is 0.259 e. The van der Waals surface area contributed by atoms with Gasteiger partial charge in [-0.1, -0.05) is 38.1 Å². The van der Waals surface area contributed by atoms with Gasteiger partial charge in [0.2, 0.25) is 10.0 Å². The van der Waals surface area contributed by atoms with Gasteiger partial charge in [-0.25, -0.2) is 13.4 Å². The van der Waals surface area contributed by atoms with Crippen molar-refractivity contribution < 1.29 is 8.42 Å². The Bertz CT molecular complexity index is 658. The van der Waals surface area contributed by atoms with Gasteiger partial charge in [0.25, 0.3) is 0 Å². The summed E-state index contributed by atoms with van der Waals surface area (Å²) in [6.07, 6.45) is 1.12. The number of nitrogens with zero attached hydrogens (tertiary/aromatic N) is 1. The Balaban J connectivity index is 2.23. The Kier molecular flexibility index (Phi) is 3.91. The lowest BCUT2D eigenvalue weighted by Crippen LogP contribution is -2.09. The second-order valence-corrected chi connectivity index (χ2v) is 7.30. The summed E-state index contributed by atoms with van der Waals surface area (Å²) in [4.78, 5) is 4.27. The molecule has 0 aliphatic carbocycles.